The van der Waals surface area contributed by atoms with Crippen molar-refractivity contribution in [1.29, 1.82) is 0 Å². The van der Waals surface area contributed by atoms with E-state index in [1.807, 2.05) is 6.20 Å². The number of fused-ring (bicyclic) bond motifs is 2. The smallest absolute Gasteiger partial charge is 0.136 e. The van der Waals surface area contributed by atoms with Gasteiger partial charge < -0.3 is 14.7 Å². The molecule has 2 N–H and O–H groups in total. The number of H-pyrrole nitrogens is 2. The van der Waals surface area contributed by atoms with Crippen LogP contribution in [0.25, 0.3) is 11.4 Å². The molecule has 18 heavy (non-hydrogen) atoms. The molecule has 2 aliphatic rings. The van der Waals surface area contributed by atoms with E-state index in [4.69, 9.17) is 4.74 Å². The molecule has 1 saturated carbocycles. The first kappa shape index (κ1) is 10.3. The molecule has 2 aliphatic carbocycles. The van der Waals surface area contributed by atoms with Gasteiger partial charge in [-0.1, -0.05) is 0 Å². The summed E-state index contributed by atoms with van der Waals surface area (Å²) in [6, 6.07) is 4.41. The minimum Gasteiger partial charge on any atom is -0.495 e. The van der Waals surface area contributed by atoms with Crippen LogP contribution >= 0.6 is 0 Å². The fourth-order valence-corrected chi connectivity index (χ4v) is 3.37. The first-order valence-corrected chi connectivity index (χ1v) is 6.76. The van der Waals surface area contributed by atoms with Gasteiger partial charge in [0.05, 0.1) is 18.5 Å². The van der Waals surface area contributed by atoms with Crippen molar-refractivity contribution in [3.8, 4) is 17.1 Å². The lowest BCUT2D eigenvalue weighted by Gasteiger charge is -2.21. The molecule has 0 unspecified atom stereocenters. The molecule has 1 fully saturated rings. The lowest BCUT2D eigenvalue weighted by molar-refractivity contribution is 0.415. The summed E-state index contributed by atoms with van der Waals surface area (Å²) < 4.78 is 5.23. The second kappa shape index (κ2) is 3.44. The minimum absolute atomic E-state index is 0.541. The SMILES string of the molecule is COc1c[nH]c(-c2cc3c([nH]2)CCCC32CC2)c1. The molecule has 4 rings (SSSR count). The fraction of sp³-hybridized carbons (Fsp3) is 0.467. The van der Waals surface area contributed by atoms with Crippen LogP contribution in [0.5, 0.6) is 5.75 Å². The zero-order valence-electron chi connectivity index (χ0n) is 10.7. The number of hydrogen-bond acceptors (Lipinski definition) is 1. The van der Waals surface area contributed by atoms with Gasteiger partial charge in [-0.25, -0.2) is 0 Å². The van der Waals surface area contributed by atoms with Gasteiger partial charge in [0.2, 0.25) is 0 Å². The standard InChI is InChI=1S/C15H18N2O/c1-18-10-7-13(16-9-10)14-8-11-12(17-14)3-2-4-15(11)5-6-15/h7-9,16-17H,2-6H2,1H3. The molecule has 0 amide bonds. The number of hydrogen-bond donors (Lipinski definition) is 2. The van der Waals surface area contributed by atoms with Gasteiger partial charge in [-0.2, -0.15) is 0 Å². The summed E-state index contributed by atoms with van der Waals surface area (Å²) in [5.74, 6) is 0.888. The highest BCUT2D eigenvalue weighted by molar-refractivity contribution is 5.61. The average molecular weight is 242 g/mol. The number of aryl methyl sites for hydroxylation is 1. The van der Waals surface area contributed by atoms with Gasteiger partial charge in [-0.3, -0.25) is 0 Å². The van der Waals surface area contributed by atoms with E-state index in [9.17, 15) is 0 Å². The van der Waals surface area contributed by atoms with E-state index >= 15 is 0 Å². The zero-order valence-corrected chi connectivity index (χ0v) is 10.7. The summed E-state index contributed by atoms with van der Waals surface area (Å²) in [4.78, 5) is 6.87. The second-order valence-corrected chi connectivity index (χ2v) is 5.66. The Labute approximate surface area is 107 Å². The number of ether oxygens (including phenoxy) is 1. The average Bonchev–Trinajstić information content (AvgIpc) is 2.84. The van der Waals surface area contributed by atoms with E-state index in [0.717, 1.165) is 11.4 Å². The minimum atomic E-state index is 0.541. The topological polar surface area (TPSA) is 40.8 Å². The Morgan fingerprint density at radius 3 is 2.78 bits per heavy atom. The normalized spacial score (nSPS) is 19.8. The Balaban J connectivity index is 1.76. The van der Waals surface area contributed by atoms with Crippen LogP contribution in [0.2, 0.25) is 0 Å². The molecular weight excluding hydrogens is 224 g/mol. The largest absolute Gasteiger partial charge is 0.495 e. The van der Waals surface area contributed by atoms with E-state index in [1.165, 1.54) is 43.5 Å². The lowest BCUT2D eigenvalue weighted by Crippen LogP contribution is -2.14. The monoisotopic (exact) mass is 242 g/mol. The van der Waals surface area contributed by atoms with E-state index in [2.05, 4.69) is 22.1 Å². The second-order valence-electron chi connectivity index (χ2n) is 5.66. The number of aromatic amines is 2. The molecule has 94 valence electrons. The van der Waals surface area contributed by atoms with Crippen molar-refractivity contribution < 1.29 is 4.74 Å². The first-order chi connectivity index (χ1) is 8.81. The highest BCUT2D eigenvalue weighted by Crippen LogP contribution is 2.55. The predicted octanol–water partition coefficient (Wildman–Crippen LogP) is 3.39. The maximum Gasteiger partial charge on any atom is 0.136 e. The molecular formula is C15H18N2O. The third kappa shape index (κ3) is 1.36. The van der Waals surface area contributed by atoms with Crippen LogP contribution in [0, 0.1) is 0 Å². The molecule has 2 aromatic rings. The van der Waals surface area contributed by atoms with Crippen LogP contribution in [0.4, 0.5) is 0 Å². The molecule has 0 bridgehead atoms. The highest BCUT2D eigenvalue weighted by atomic mass is 16.5. The van der Waals surface area contributed by atoms with Crippen molar-refractivity contribution in [1.82, 2.24) is 9.97 Å². The lowest BCUT2D eigenvalue weighted by atomic mass is 9.84. The van der Waals surface area contributed by atoms with Gasteiger partial charge in [0.25, 0.3) is 0 Å². The molecule has 3 nitrogen and oxygen atoms in total. The number of methoxy groups -OCH3 is 1. The molecule has 2 aromatic heterocycles. The molecule has 0 saturated heterocycles. The van der Waals surface area contributed by atoms with Crippen molar-refractivity contribution in [2.24, 2.45) is 0 Å². The van der Waals surface area contributed by atoms with Gasteiger partial charge in [0.15, 0.2) is 0 Å². The molecule has 0 aliphatic heterocycles. The summed E-state index contributed by atoms with van der Waals surface area (Å²) in [6.45, 7) is 0. The van der Waals surface area contributed by atoms with E-state index in [-0.39, 0.29) is 0 Å². The summed E-state index contributed by atoms with van der Waals surface area (Å²) in [5, 5.41) is 0. The number of aromatic nitrogens is 2. The summed E-state index contributed by atoms with van der Waals surface area (Å²) in [5.41, 5.74) is 5.91. The summed E-state index contributed by atoms with van der Waals surface area (Å²) in [6.07, 6.45) is 8.58. The highest BCUT2D eigenvalue weighted by Gasteiger charge is 2.47. The maximum absolute atomic E-state index is 5.23. The first-order valence-electron chi connectivity index (χ1n) is 6.76. The Morgan fingerprint density at radius 1 is 1.17 bits per heavy atom. The van der Waals surface area contributed by atoms with Crippen LogP contribution in [0.15, 0.2) is 18.3 Å². The molecule has 0 atom stereocenters. The van der Waals surface area contributed by atoms with Crippen LogP contribution in [0.1, 0.15) is 36.9 Å². The summed E-state index contributed by atoms with van der Waals surface area (Å²) in [7, 11) is 1.70. The zero-order chi connectivity index (χ0) is 12.2. The number of rotatable bonds is 2. The quantitative estimate of drug-likeness (QED) is 0.832. The van der Waals surface area contributed by atoms with Crippen molar-refractivity contribution in [2.75, 3.05) is 7.11 Å². The Kier molecular flexibility index (Phi) is 1.97. The van der Waals surface area contributed by atoms with Crippen molar-refractivity contribution in [3.63, 3.8) is 0 Å². The molecule has 0 radical (unpaired) electrons. The maximum atomic E-state index is 5.23. The van der Waals surface area contributed by atoms with Crippen molar-refractivity contribution in [3.05, 3.63) is 29.6 Å². The van der Waals surface area contributed by atoms with Gasteiger partial charge in [0.1, 0.15) is 5.75 Å². The van der Waals surface area contributed by atoms with Crippen LogP contribution in [-0.2, 0) is 11.8 Å². The molecule has 1 spiro atoms. The molecule has 2 heterocycles. The van der Waals surface area contributed by atoms with Crippen LogP contribution < -0.4 is 4.74 Å². The van der Waals surface area contributed by atoms with E-state index in [0.29, 0.717) is 5.41 Å². The van der Waals surface area contributed by atoms with Gasteiger partial charge in [0, 0.05) is 18.0 Å². The van der Waals surface area contributed by atoms with Crippen molar-refractivity contribution in [2.45, 2.75) is 37.5 Å². The predicted molar refractivity (Wildman–Crippen MR) is 71.0 cm³/mol. The Morgan fingerprint density at radius 2 is 2.06 bits per heavy atom. The van der Waals surface area contributed by atoms with Crippen LogP contribution in [0.3, 0.4) is 0 Å². The van der Waals surface area contributed by atoms with E-state index < -0.39 is 0 Å². The Bertz CT molecular complexity index is 589. The van der Waals surface area contributed by atoms with Gasteiger partial charge in [-0.15, -0.1) is 0 Å². The fourth-order valence-electron chi connectivity index (χ4n) is 3.37. The van der Waals surface area contributed by atoms with Crippen molar-refractivity contribution >= 4 is 0 Å². The molecule has 3 heteroatoms. The van der Waals surface area contributed by atoms with E-state index in [1.54, 1.807) is 12.7 Å². The third-order valence-electron chi connectivity index (χ3n) is 4.59. The van der Waals surface area contributed by atoms with Gasteiger partial charge in [-0.05, 0) is 49.1 Å². The molecule has 0 aromatic carbocycles. The van der Waals surface area contributed by atoms with Crippen LogP contribution in [-0.4, -0.2) is 17.1 Å². The Hall–Kier alpha value is -1.64. The summed E-state index contributed by atoms with van der Waals surface area (Å²) >= 11 is 0. The third-order valence-corrected chi connectivity index (χ3v) is 4.59. The van der Waals surface area contributed by atoms with Gasteiger partial charge >= 0.3 is 0 Å². The number of nitrogens with one attached hydrogen (secondary N) is 2.